The van der Waals surface area contributed by atoms with Crippen LogP contribution in [0.1, 0.15) is 6.92 Å². The molecule has 1 aromatic rings. The Labute approximate surface area is 70.6 Å². The third-order valence-electron chi connectivity index (χ3n) is 1.29. The van der Waals surface area contributed by atoms with Crippen LogP contribution in [0.3, 0.4) is 0 Å². The molecule has 1 aromatic carbocycles. The Morgan fingerprint density at radius 3 is 2.50 bits per heavy atom. The van der Waals surface area contributed by atoms with Crippen molar-refractivity contribution < 1.29 is 14.6 Å². The molecule has 0 fully saturated rings. The monoisotopic (exact) mass is 166 g/mol. The van der Waals surface area contributed by atoms with E-state index in [1.807, 2.05) is 6.07 Å². The number of aliphatic hydroxyl groups is 1. The second-order valence-electron chi connectivity index (χ2n) is 2.59. The van der Waals surface area contributed by atoms with Gasteiger partial charge in [0.05, 0.1) is 0 Å². The number of para-hydroxylation sites is 1. The van der Waals surface area contributed by atoms with Gasteiger partial charge < -0.3 is 9.84 Å². The molecule has 3 nitrogen and oxygen atoms in total. The summed E-state index contributed by atoms with van der Waals surface area (Å²) in [6.45, 7) is 1.28. The third kappa shape index (κ3) is 2.36. The summed E-state index contributed by atoms with van der Waals surface area (Å²) in [5.41, 5.74) is 0. The van der Waals surface area contributed by atoms with Crippen LogP contribution in [0.4, 0.5) is 0 Å². The van der Waals surface area contributed by atoms with Crippen molar-refractivity contribution >= 4 is 6.29 Å². The second kappa shape index (κ2) is 3.36. The molecular weight excluding hydrogens is 156 g/mol. The number of carbonyl (C=O) groups is 1. The van der Waals surface area contributed by atoms with E-state index >= 15 is 0 Å². The van der Waals surface area contributed by atoms with Crippen LogP contribution >= 0.6 is 0 Å². The van der Waals surface area contributed by atoms with Gasteiger partial charge in [0, 0.05) is 6.92 Å². The van der Waals surface area contributed by atoms with Crippen LogP contribution in [0, 0.1) is 0 Å². The molecule has 0 aliphatic carbocycles. The Hall–Kier alpha value is -1.35. The molecule has 0 amide bonds. The largest absolute Gasteiger partial charge is 0.456 e. The molecule has 1 rings (SSSR count). The normalized spacial score (nSPS) is 14.8. The quantitative estimate of drug-likeness (QED) is 0.537. The molecule has 0 saturated carbocycles. The lowest BCUT2D eigenvalue weighted by Gasteiger charge is -2.17. The average molecular weight is 166 g/mol. The van der Waals surface area contributed by atoms with Crippen LogP contribution in [-0.4, -0.2) is 17.2 Å². The molecule has 0 aliphatic heterocycles. The molecule has 1 N–H and O–H groups in total. The lowest BCUT2D eigenvalue weighted by molar-refractivity contribution is -0.152. The van der Waals surface area contributed by atoms with Gasteiger partial charge in [-0.3, -0.25) is 4.79 Å². The van der Waals surface area contributed by atoms with Crippen LogP contribution in [-0.2, 0) is 4.79 Å². The number of hydrogen-bond donors (Lipinski definition) is 1. The minimum absolute atomic E-state index is 0.347. The van der Waals surface area contributed by atoms with Gasteiger partial charge in [-0.2, -0.15) is 0 Å². The smallest absolute Gasteiger partial charge is 0.262 e. The topological polar surface area (TPSA) is 46.5 Å². The van der Waals surface area contributed by atoms with Gasteiger partial charge in [-0.25, -0.2) is 0 Å². The van der Waals surface area contributed by atoms with Crippen molar-refractivity contribution in [3.8, 4) is 5.75 Å². The fourth-order valence-corrected chi connectivity index (χ4v) is 0.751. The Bertz CT molecular complexity index is 254. The summed E-state index contributed by atoms with van der Waals surface area (Å²) in [6.07, 6.45) is 0.347. The predicted molar refractivity (Wildman–Crippen MR) is 43.8 cm³/mol. The van der Waals surface area contributed by atoms with E-state index in [-0.39, 0.29) is 0 Å². The maximum absolute atomic E-state index is 10.3. The van der Waals surface area contributed by atoms with Crippen molar-refractivity contribution in [2.75, 3.05) is 0 Å². The molecule has 0 radical (unpaired) electrons. The first kappa shape index (κ1) is 8.74. The highest BCUT2D eigenvalue weighted by Gasteiger charge is 2.20. The van der Waals surface area contributed by atoms with Crippen molar-refractivity contribution in [2.45, 2.75) is 12.7 Å². The van der Waals surface area contributed by atoms with E-state index in [9.17, 15) is 9.90 Å². The summed E-state index contributed by atoms with van der Waals surface area (Å²) >= 11 is 0. The van der Waals surface area contributed by atoms with E-state index in [1.54, 1.807) is 24.3 Å². The van der Waals surface area contributed by atoms with Crippen molar-refractivity contribution in [3.05, 3.63) is 30.3 Å². The molecule has 0 bridgehead atoms. The van der Waals surface area contributed by atoms with E-state index < -0.39 is 5.79 Å². The lowest BCUT2D eigenvalue weighted by Crippen LogP contribution is -2.33. The Balaban J connectivity index is 2.70. The number of aldehydes is 1. The van der Waals surface area contributed by atoms with Gasteiger partial charge in [-0.1, -0.05) is 18.2 Å². The molecule has 0 spiro atoms. The fourth-order valence-electron chi connectivity index (χ4n) is 0.751. The van der Waals surface area contributed by atoms with Gasteiger partial charge in [0.25, 0.3) is 5.79 Å². The van der Waals surface area contributed by atoms with Gasteiger partial charge in [0.15, 0.2) is 6.29 Å². The maximum atomic E-state index is 10.3. The first-order valence-electron chi connectivity index (χ1n) is 3.57. The first-order valence-corrected chi connectivity index (χ1v) is 3.57. The molecule has 0 heterocycles. The summed E-state index contributed by atoms with van der Waals surface area (Å²) in [5, 5.41) is 9.19. The standard InChI is InChI=1S/C9H10O3/c1-9(11,7-10)12-8-5-3-2-4-6-8/h2-7,11H,1H3. The Kier molecular flexibility index (Phi) is 2.45. The first-order chi connectivity index (χ1) is 5.64. The molecule has 12 heavy (non-hydrogen) atoms. The summed E-state index contributed by atoms with van der Waals surface area (Å²) in [5.74, 6) is -1.27. The van der Waals surface area contributed by atoms with Crippen molar-refractivity contribution in [1.29, 1.82) is 0 Å². The van der Waals surface area contributed by atoms with Gasteiger partial charge >= 0.3 is 0 Å². The van der Waals surface area contributed by atoms with Crippen molar-refractivity contribution in [2.24, 2.45) is 0 Å². The molecule has 64 valence electrons. The average Bonchev–Trinajstić information content (AvgIpc) is 2.06. The lowest BCUT2D eigenvalue weighted by atomic mass is 10.3. The minimum Gasteiger partial charge on any atom is -0.456 e. The summed E-state index contributed by atoms with van der Waals surface area (Å²) in [7, 11) is 0. The summed E-state index contributed by atoms with van der Waals surface area (Å²) < 4.78 is 4.94. The van der Waals surface area contributed by atoms with E-state index in [4.69, 9.17) is 4.74 Å². The van der Waals surface area contributed by atoms with Crippen molar-refractivity contribution in [1.82, 2.24) is 0 Å². The van der Waals surface area contributed by atoms with Crippen LogP contribution in [0.2, 0.25) is 0 Å². The zero-order valence-corrected chi connectivity index (χ0v) is 6.73. The Morgan fingerprint density at radius 1 is 1.42 bits per heavy atom. The highest BCUT2D eigenvalue weighted by Crippen LogP contribution is 2.13. The molecular formula is C9H10O3. The molecule has 1 unspecified atom stereocenters. The number of hydrogen-bond acceptors (Lipinski definition) is 3. The van der Waals surface area contributed by atoms with Crippen LogP contribution < -0.4 is 4.74 Å². The predicted octanol–water partition coefficient (Wildman–Crippen LogP) is 0.973. The SMILES string of the molecule is CC(O)(C=O)Oc1ccccc1. The van der Waals surface area contributed by atoms with E-state index in [1.165, 1.54) is 6.92 Å². The van der Waals surface area contributed by atoms with Gasteiger partial charge in [-0.15, -0.1) is 0 Å². The number of ether oxygens (including phenoxy) is 1. The summed E-state index contributed by atoms with van der Waals surface area (Å²) in [6, 6.07) is 8.67. The molecule has 0 aliphatic rings. The molecule has 3 heteroatoms. The van der Waals surface area contributed by atoms with Crippen LogP contribution in [0.25, 0.3) is 0 Å². The number of rotatable bonds is 3. The third-order valence-corrected chi connectivity index (χ3v) is 1.29. The summed E-state index contributed by atoms with van der Waals surface area (Å²) in [4.78, 5) is 10.3. The van der Waals surface area contributed by atoms with Gasteiger partial charge in [0.1, 0.15) is 5.75 Å². The number of carbonyl (C=O) groups excluding carboxylic acids is 1. The fraction of sp³-hybridized carbons (Fsp3) is 0.222. The van der Waals surface area contributed by atoms with Gasteiger partial charge in [0.2, 0.25) is 0 Å². The zero-order valence-electron chi connectivity index (χ0n) is 6.73. The second-order valence-corrected chi connectivity index (χ2v) is 2.59. The maximum Gasteiger partial charge on any atom is 0.262 e. The Morgan fingerprint density at radius 2 is 2.00 bits per heavy atom. The van der Waals surface area contributed by atoms with Crippen molar-refractivity contribution in [3.63, 3.8) is 0 Å². The highest BCUT2D eigenvalue weighted by atomic mass is 16.6. The highest BCUT2D eigenvalue weighted by molar-refractivity contribution is 5.59. The molecule has 0 saturated heterocycles. The molecule has 1 atom stereocenters. The van der Waals surface area contributed by atoms with E-state index in [2.05, 4.69) is 0 Å². The minimum atomic E-state index is -1.73. The molecule has 0 aromatic heterocycles. The number of benzene rings is 1. The van der Waals surface area contributed by atoms with Crippen LogP contribution in [0.15, 0.2) is 30.3 Å². The van der Waals surface area contributed by atoms with Gasteiger partial charge in [-0.05, 0) is 12.1 Å². The van der Waals surface area contributed by atoms with E-state index in [0.29, 0.717) is 12.0 Å². The zero-order chi connectivity index (χ0) is 9.03. The van der Waals surface area contributed by atoms with E-state index in [0.717, 1.165) is 0 Å². The van der Waals surface area contributed by atoms with Crippen LogP contribution in [0.5, 0.6) is 5.75 Å².